The monoisotopic (exact) mass is 298 g/mol. The molecule has 0 saturated carbocycles. The van der Waals surface area contributed by atoms with Gasteiger partial charge in [0.1, 0.15) is 5.82 Å². The summed E-state index contributed by atoms with van der Waals surface area (Å²) in [7, 11) is -1.55. The van der Waals surface area contributed by atoms with Gasteiger partial charge in [0.15, 0.2) is 5.65 Å². The zero-order chi connectivity index (χ0) is 15.7. The third-order valence-electron chi connectivity index (χ3n) is 3.10. The van der Waals surface area contributed by atoms with E-state index in [1.807, 2.05) is 0 Å². The second-order valence-corrected chi connectivity index (χ2v) is 4.55. The maximum absolute atomic E-state index is 11.6. The lowest BCUT2D eigenvalue weighted by atomic mass is 9.80. The van der Waals surface area contributed by atoms with Gasteiger partial charge in [0, 0.05) is 11.9 Å². The first-order chi connectivity index (χ1) is 10.6. The molecule has 2 heterocycles. The van der Waals surface area contributed by atoms with Gasteiger partial charge in [0.05, 0.1) is 5.39 Å². The van der Waals surface area contributed by atoms with Gasteiger partial charge in [-0.3, -0.25) is 0 Å². The molecule has 0 radical (unpaired) electrons. The predicted molar refractivity (Wildman–Crippen MR) is 80.5 cm³/mol. The van der Waals surface area contributed by atoms with Crippen LogP contribution < -0.4 is 16.5 Å². The molecule has 2 aromatic heterocycles. The van der Waals surface area contributed by atoms with Gasteiger partial charge in [0.25, 0.3) is 0 Å². The molecule has 9 heteroatoms. The van der Waals surface area contributed by atoms with Crippen LogP contribution in [-0.4, -0.2) is 37.1 Å². The van der Waals surface area contributed by atoms with Crippen LogP contribution in [0.3, 0.4) is 0 Å². The first-order valence-electron chi connectivity index (χ1n) is 6.36. The van der Waals surface area contributed by atoms with E-state index in [2.05, 4.69) is 15.3 Å². The first-order valence-corrected chi connectivity index (χ1v) is 6.36. The molecule has 3 rings (SSSR count). The summed E-state index contributed by atoms with van der Waals surface area (Å²) in [4.78, 5) is 19.4. The van der Waals surface area contributed by atoms with E-state index < -0.39 is 12.8 Å². The van der Waals surface area contributed by atoms with Gasteiger partial charge in [-0.2, -0.15) is 4.98 Å². The van der Waals surface area contributed by atoms with Gasteiger partial charge in [0.2, 0.25) is 0 Å². The second-order valence-electron chi connectivity index (χ2n) is 4.55. The number of benzene rings is 1. The van der Waals surface area contributed by atoms with E-state index in [1.165, 1.54) is 18.3 Å². The Bertz CT molecular complexity index is 879. The molecular weight excluding hydrogens is 287 g/mol. The summed E-state index contributed by atoms with van der Waals surface area (Å²) in [6.45, 7) is 0. The van der Waals surface area contributed by atoms with Crippen LogP contribution in [0.2, 0.25) is 0 Å². The van der Waals surface area contributed by atoms with E-state index in [0.29, 0.717) is 21.3 Å². The summed E-state index contributed by atoms with van der Waals surface area (Å²) in [5, 5.41) is 31.2. The highest BCUT2D eigenvalue weighted by molar-refractivity contribution is 6.58. The van der Waals surface area contributed by atoms with Crippen molar-refractivity contribution in [2.75, 3.05) is 5.32 Å². The highest BCUT2D eigenvalue weighted by Gasteiger charge is 2.12. The number of rotatable bonds is 3. The quantitative estimate of drug-likeness (QED) is 0.378. The van der Waals surface area contributed by atoms with E-state index in [-0.39, 0.29) is 11.5 Å². The van der Waals surface area contributed by atoms with E-state index in [4.69, 9.17) is 10.0 Å². The largest absolute Gasteiger partial charge is 0.488 e. The number of nitrogens with zero attached hydrogens (tertiary/aromatic N) is 3. The smallest absolute Gasteiger partial charge is 0.423 e. The maximum atomic E-state index is 11.6. The number of fused-ring (bicyclic) bond motifs is 1. The Balaban J connectivity index is 2.04. The normalized spacial score (nSPS) is 10.6. The lowest BCUT2D eigenvalue weighted by molar-refractivity contribution is 0.182. The molecule has 0 aliphatic heterocycles. The summed E-state index contributed by atoms with van der Waals surface area (Å²) in [5.74, 6) is 0.246. The molecule has 8 nitrogen and oxygen atoms in total. The fourth-order valence-corrected chi connectivity index (χ4v) is 2.02. The summed E-state index contributed by atoms with van der Waals surface area (Å²) in [6, 6.07) is 9.61. The molecule has 110 valence electrons. The lowest BCUT2D eigenvalue weighted by Crippen LogP contribution is -2.29. The lowest BCUT2D eigenvalue weighted by Gasteiger charge is -2.10. The van der Waals surface area contributed by atoms with E-state index in [1.54, 1.807) is 24.3 Å². The molecule has 0 atom stereocenters. The zero-order valence-corrected chi connectivity index (χ0v) is 11.2. The zero-order valence-electron chi connectivity index (χ0n) is 11.2. The Morgan fingerprint density at radius 1 is 1.14 bits per heavy atom. The van der Waals surface area contributed by atoms with Crippen LogP contribution in [0.1, 0.15) is 0 Å². The molecule has 0 aliphatic carbocycles. The number of anilines is 2. The van der Waals surface area contributed by atoms with Crippen molar-refractivity contribution in [3.8, 4) is 0 Å². The van der Waals surface area contributed by atoms with Gasteiger partial charge < -0.3 is 20.6 Å². The van der Waals surface area contributed by atoms with Crippen molar-refractivity contribution in [1.29, 1.82) is 0 Å². The predicted octanol–water partition coefficient (Wildman–Crippen LogP) is -0.548. The number of aromatic nitrogens is 3. The van der Waals surface area contributed by atoms with Gasteiger partial charge in [-0.15, -0.1) is 4.73 Å². The van der Waals surface area contributed by atoms with Crippen molar-refractivity contribution in [3.63, 3.8) is 0 Å². The molecular formula is C13H11BN4O4. The van der Waals surface area contributed by atoms with E-state index in [0.717, 1.165) is 0 Å². The van der Waals surface area contributed by atoms with Crippen LogP contribution in [0, 0.1) is 0 Å². The third-order valence-corrected chi connectivity index (χ3v) is 3.10. The Morgan fingerprint density at radius 2 is 1.86 bits per heavy atom. The molecule has 0 fully saturated rings. The fraction of sp³-hybridized carbons (Fsp3) is 0. The van der Waals surface area contributed by atoms with Crippen molar-refractivity contribution in [1.82, 2.24) is 14.7 Å². The second kappa shape index (κ2) is 5.47. The van der Waals surface area contributed by atoms with Crippen molar-refractivity contribution in [2.24, 2.45) is 0 Å². The van der Waals surface area contributed by atoms with Crippen molar-refractivity contribution < 1.29 is 15.3 Å². The molecule has 0 unspecified atom stereocenters. The summed E-state index contributed by atoms with van der Waals surface area (Å²) >= 11 is 0. The average molecular weight is 298 g/mol. The number of nitrogens with one attached hydrogen (secondary N) is 1. The van der Waals surface area contributed by atoms with Gasteiger partial charge in [-0.25, -0.2) is 9.78 Å². The van der Waals surface area contributed by atoms with Crippen LogP contribution in [-0.2, 0) is 0 Å². The minimum absolute atomic E-state index is 0.0902. The number of hydrogen-bond donors (Lipinski definition) is 4. The van der Waals surface area contributed by atoms with Crippen LogP contribution >= 0.6 is 0 Å². The molecule has 0 spiro atoms. The molecule has 22 heavy (non-hydrogen) atoms. The van der Waals surface area contributed by atoms with Crippen molar-refractivity contribution >= 4 is 35.1 Å². The Hall–Kier alpha value is -2.91. The molecule has 3 aromatic rings. The van der Waals surface area contributed by atoms with Crippen molar-refractivity contribution in [3.05, 3.63) is 53.1 Å². The minimum atomic E-state index is -1.55. The van der Waals surface area contributed by atoms with Crippen LogP contribution in [0.25, 0.3) is 11.0 Å². The molecule has 4 N–H and O–H groups in total. The molecule has 1 aromatic carbocycles. The van der Waals surface area contributed by atoms with E-state index >= 15 is 0 Å². The SMILES string of the molecule is O=c1nc(Nc2ccc(B(O)O)cc2)c2cccnc2n1O. The van der Waals surface area contributed by atoms with E-state index in [9.17, 15) is 10.0 Å². The topological polar surface area (TPSA) is 121 Å². The number of pyridine rings is 1. The first kappa shape index (κ1) is 14.0. The highest BCUT2D eigenvalue weighted by Crippen LogP contribution is 2.20. The fourth-order valence-electron chi connectivity index (χ4n) is 2.02. The van der Waals surface area contributed by atoms with Crippen molar-refractivity contribution in [2.45, 2.75) is 0 Å². The standard InChI is InChI=1S/C13H11BN4O4/c19-13-17-11(10-2-1-7-15-12(10)18(13)22)16-9-5-3-8(4-6-9)14(20)21/h1-7,20-22H,(H,16,17,19). The third kappa shape index (κ3) is 2.50. The number of hydrogen-bond acceptors (Lipinski definition) is 7. The average Bonchev–Trinajstić information content (AvgIpc) is 2.53. The summed E-state index contributed by atoms with van der Waals surface area (Å²) in [6.07, 6.45) is 1.45. The Morgan fingerprint density at radius 3 is 2.55 bits per heavy atom. The van der Waals surface area contributed by atoms with Gasteiger partial charge in [-0.05, 0) is 29.7 Å². The Labute approximate surface area is 124 Å². The van der Waals surface area contributed by atoms with Crippen LogP contribution in [0.5, 0.6) is 0 Å². The molecule has 0 amide bonds. The van der Waals surface area contributed by atoms with Gasteiger partial charge in [-0.1, -0.05) is 12.1 Å². The Kier molecular flexibility index (Phi) is 3.49. The highest BCUT2D eigenvalue weighted by atomic mass is 16.5. The maximum Gasteiger partial charge on any atom is 0.488 e. The van der Waals surface area contributed by atoms with Gasteiger partial charge >= 0.3 is 12.8 Å². The minimum Gasteiger partial charge on any atom is -0.423 e. The molecule has 0 aliphatic rings. The molecule has 0 bridgehead atoms. The van der Waals surface area contributed by atoms with Crippen LogP contribution in [0.15, 0.2) is 47.4 Å². The van der Waals surface area contributed by atoms with Crippen LogP contribution in [0.4, 0.5) is 11.5 Å². The summed E-state index contributed by atoms with van der Waals surface area (Å²) in [5.41, 5.74) is 0.177. The molecule has 0 saturated heterocycles. The summed E-state index contributed by atoms with van der Waals surface area (Å²) < 4.78 is 0.381.